The molecule has 26 heavy (non-hydrogen) atoms. The van der Waals surface area contributed by atoms with E-state index in [2.05, 4.69) is 31.4 Å². The topological polar surface area (TPSA) is 58.2 Å². The lowest BCUT2D eigenvalue weighted by Crippen LogP contribution is -2.31. The zero-order chi connectivity index (χ0) is 19.3. The summed E-state index contributed by atoms with van der Waals surface area (Å²) >= 11 is 0. The van der Waals surface area contributed by atoms with Gasteiger partial charge in [0, 0.05) is 11.4 Å². The van der Waals surface area contributed by atoms with Gasteiger partial charge in [-0.2, -0.15) is 0 Å². The van der Waals surface area contributed by atoms with Crippen molar-refractivity contribution in [1.82, 2.24) is 0 Å². The molecule has 0 aliphatic rings. The van der Waals surface area contributed by atoms with E-state index in [9.17, 15) is 9.59 Å². The second kappa shape index (κ2) is 8.17. The fraction of sp³-hybridized carbons (Fsp3) is 0.364. The van der Waals surface area contributed by atoms with Crippen LogP contribution in [0.2, 0.25) is 0 Å². The van der Waals surface area contributed by atoms with E-state index in [0.717, 1.165) is 35.2 Å². The quantitative estimate of drug-likeness (QED) is 0.785. The number of nitrogens with one attached hydrogen (secondary N) is 2. The van der Waals surface area contributed by atoms with Gasteiger partial charge in [-0.3, -0.25) is 9.59 Å². The number of benzene rings is 2. The van der Waals surface area contributed by atoms with Gasteiger partial charge < -0.3 is 10.6 Å². The van der Waals surface area contributed by atoms with Gasteiger partial charge in [-0.05, 0) is 41.0 Å². The number of aryl methyl sites for hydroxylation is 2. The van der Waals surface area contributed by atoms with Crippen molar-refractivity contribution in [2.24, 2.45) is 0 Å². The molecule has 4 nitrogen and oxygen atoms in total. The van der Waals surface area contributed by atoms with E-state index in [1.807, 2.05) is 56.3 Å². The molecule has 0 fully saturated rings. The van der Waals surface area contributed by atoms with Crippen LogP contribution in [0.5, 0.6) is 0 Å². The van der Waals surface area contributed by atoms with Gasteiger partial charge in [0.2, 0.25) is 0 Å². The molecule has 2 aromatic carbocycles. The maximum atomic E-state index is 12.5. The molecule has 2 N–H and O–H groups in total. The monoisotopic (exact) mass is 352 g/mol. The van der Waals surface area contributed by atoms with Crippen molar-refractivity contribution in [3.63, 3.8) is 0 Å². The van der Waals surface area contributed by atoms with Gasteiger partial charge in [0.05, 0.1) is 0 Å². The first-order valence-corrected chi connectivity index (χ1v) is 9.10. The molecule has 2 rings (SSSR count). The lowest BCUT2D eigenvalue weighted by molar-refractivity contribution is -0.133. The Kier molecular flexibility index (Phi) is 6.19. The van der Waals surface area contributed by atoms with Crippen LogP contribution in [-0.4, -0.2) is 11.8 Å². The van der Waals surface area contributed by atoms with Crippen LogP contribution in [0, 0.1) is 0 Å². The average molecular weight is 352 g/mol. The molecule has 0 unspecified atom stereocenters. The normalized spacial score (nSPS) is 11.1. The van der Waals surface area contributed by atoms with Crippen molar-refractivity contribution in [3.05, 3.63) is 59.2 Å². The molecule has 0 aromatic heterocycles. The highest BCUT2D eigenvalue weighted by atomic mass is 16.2. The molecule has 0 aliphatic heterocycles. The van der Waals surface area contributed by atoms with Gasteiger partial charge in [0.25, 0.3) is 0 Å². The third-order valence-electron chi connectivity index (χ3n) is 4.43. The molecule has 2 aromatic rings. The van der Waals surface area contributed by atoms with Crippen molar-refractivity contribution in [3.8, 4) is 0 Å². The Bertz CT molecular complexity index is 782. The van der Waals surface area contributed by atoms with Gasteiger partial charge >= 0.3 is 11.8 Å². The minimum absolute atomic E-state index is 0.134. The number of amides is 2. The fourth-order valence-electron chi connectivity index (χ4n) is 3.00. The zero-order valence-corrected chi connectivity index (χ0v) is 16.3. The first-order chi connectivity index (χ1) is 12.3. The van der Waals surface area contributed by atoms with E-state index in [1.54, 1.807) is 0 Å². The lowest BCUT2D eigenvalue weighted by Gasteiger charge is -2.23. The summed E-state index contributed by atoms with van der Waals surface area (Å²) in [5.74, 6) is -1.31. The summed E-state index contributed by atoms with van der Waals surface area (Å²) < 4.78 is 0. The van der Waals surface area contributed by atoms with Crippen molar-refractivity contribution < 1.29 is 9.59 Å². The smallest absolute Gasteiger partial charge is 0.314 e. The average Bonchev–Trinajstić information content (AvgIpc) is 2.61. The Hall–Kier alpha value is -2.62. The molecule has 2 amide bonds. The Balaban J connectivity index is 2.22. The number of carbonyl (C=O) groups excluding carboxylic acids is 2. The van der Waals surface area contributed by atoms with Gasteiger partial charge in [0.15, 0.2) is 0 Å². The van der Waals surface area contributed by atoms with Gasteiger partial charge in [-0.1, -0.05) is 71.0 Å². The second-order valence-electron chi connectivity index (χ2n) is 7.36. The Morgan fingerprint density at radius 3 is 1.88 bits per heavy atom. The SMILES string of the molecule is CCc1cccc(CC)c1NC(=O)C(=O)Nc1ccccc1C(C)(C)C. The third-order valence-corrected chi connectivity index (χ3v) is 4.43. The highest BCUT2D eigenvalue weighted by molar-refractivity contribution is 6.43. The molecule has 0 saturated carbocycles. The molecular weight excluding hydrogens is 324 g/mol. The number of para-hydroxylation sites is 2. The van der Waals surface area contributed by atoms with Gasteiger partial charge in [-0.15, -0.1) is 0 Å². The van der Waals surface area contributed by atoms with Crippen LogP contribution in [0.25, 0.3) is 0 Å². The molecule has 0 spiro atoms. The maximum absolute atomic E-state index is 12.5. The zero-order valence-electron chi connectivity index (χ0n) is 16.3. The van der Waals surface area contributed by atoms with E-state index in [4.69, 9.17) is 0 Å². The number of carbonyl (C=O) groups is 2. The summed E-state index contributed by atoms with van der Waals surface area (Å²) in [6.07, 6.45) is 1.58. The van der Waals surface area contributed by atoms with E-state index < -0.39 is 11.8 Å². The Labute approximate surface area is 156 Å². The molecule has 0 bridgehead atoms. The summed E-state index contributed by atoms with van der Waals surface area (Å²) in [5, 5.41) is 5.57. The minimum atomic E-state index is -0.658. The van der Waals surface area contributed by atoms with Crippen molar-refractivity contribution in [2.45, 2.75) is 52.9 Å². The van der Waals surface area contributed by atoms with Crippen molar-refractivity contribution in [1.29, 1.82) is 0 Å². The van der Waals surface area contributed by atoms with Crippen LogP contribution in [0.1, 0.15) is 51.3 Å². The first-order valence-electron chi connectivity index (χ1n) is 9.10. The standard InChI is InChI=1S/C22H28N2O2/c1-6-15-11-10-12-16(7-2)19(15)24-21(26)20(25)23-18-14-9-8-13-17(18)22(3,4)5/h8-14H,6-7H2,1-5H3,(H,23,25)(H,24,26). The second-order valence-corrected chi connectivity index (χ2v) is 7.36. The number of hydrogen-bond donors (Lipinski definition) is 2. The summed E-state index contributed by atoms with van der Waals surface area (Å²) in [4.78, 5) is 25.0. The Morgan fingerprint density at radius 2 is 1.35 bits per heavy atom. The summed E-state index contributed by atoms with van der Waals surface area (Å²) in [6, 6.07) is 13.5. The molecule has 4 heteroatoms. The fourth-order valence-corrected chi connectivity index (χ4v) is 3.00. The molecule has 0 radical (unpaired) electrons. The van der Waals surface area contributed by atoms with Crippen LogP contribution in [-0.2, 0) is 27.8 Å². The Morgan fingerprint density at radius 1 is 0.808 bits per heavy atom. The van der Waals surface area contributed by atoms with Crippen molar-refractivity contribution >= 4 is 23.2 Å². The summed E-state index contributed by atoms with van der Waals surface area (Å²) in [6.45, 7) is 10.3. The first kappa shape index (κ1) is 19.7. The van der Waals surface area contributed by atoms with E-state index in [1.165, 1.54) is 0 Å². The predicted molar refractivity (Wildman–Crippen MR) is 108 cm³/mol. The van der Waals surface area contributed by atoms with Gasteiger partial charge in [-0.25, -0.2) is 0 Å². The lowest BCUT2D eigenvalue weighted by atomic mass is 9.86. The van der Waals surface area contributed by atoms with E-state index >= 15 is 0 Å². The summed E-state index contributed by atoms with van der Waals surface area (Å²) in [7, 11) is 0. The molecular formula is C22H28N2O2. The van der Waals surface area contributed by atoms with Crippen molar-refractivity contribution in [2.75, 3.05) is 10.6 Å². The predicted octanol–water partition coefficient (Wildman–Crippen LogP) is 4.69. The highest BCUT2D eigenvalue weighted by Gasteiger charge is 2.22. The number of rotatable bonds is 4. The maximum Gasteiger partial charge on any atom is 0.314 e. The molecule has 0 saturated heterocycles. The molecule has 0 atom stereocenters. The van der Waals surface area contributed by atoms with Crippen LogP contribution in [0.3, 0.4) is 0 Å². The number of anilines is 2. The third kappa shape index (κ3) is 4.51. The molecule has 0 aliphatic carbocycles. The van der Waals surface area contributed by atoms with Crippen LogP contribution in [0.4, 0.5) is 11.4 Å². The van der Waals surface area contributed by atoms with E-state index in [0.29, 0.717) is 5.69 Å². The number of hydrogen-bond acceptors (Lipinski definition) is 2. The van der Waals surface area contributed by atoms with Crippen LogP contribution >= 0.6 is 0 Å². The minimum Gasteiger partial charge on any atom is -0.318 e. The summed E-state index contributed by atoms with van der Waals surface area (Å²) in [5.41, 5.74) is 4.33. The molecule has 0 heterocycles. The van der Waals surface area contributed by atoms with Crippen LogP contribution < -0.4 is 10.6 Å². The van der Waals surface area contributed by atoms with Crippen LogP contribution in [0.15, 0.2) is 42.5 Å². The van der Waals surface area contributed by atoms with E-state index in [-0.39, 0.29) is 5.41 Å². The molecule has 138 valence electrons. The highest BCUT2D eigenvalue weighted by Crippen LogP contribution is 2.29. The largest absolute Gasteiger partial charge is 0.318 e. The van der Waals surface area contributed by atoms with Gasteiger partial charge in [0.1, 0.15) is 0 Å².